The topological polar surface area (TPSA) is 41.3 Å². The Bertz CT molecular complexity index is 127. The van der Waals surface area contributed by atoms with Crippen molar-refractivity contribution in [1.29, 1.82) is 0 Å². The van der Waals surface area contributed by atoms with Crippen LogP contribution in [-0.4, -0.2) is 43.7 Å². The minimum atomic E-state index is 0.303. The lowest BCUT2D eigenvalue weighted by molar-refractivity contribution is 0.328. The van der Waals surface area contributed by atoms with E-state index in [2.05, 4.69) is 24.2 Å². The van der Waals surface area contributed by atoms with Crippen LogP contribution in [0.15, 0.2) is 0 Å². The van der Waals surface area contributed by atoms with Crippen LogP contribution in [0.4, 0.5) is 0 Å². The van der Waals surface area contributed by atoms with Gasteiger partial charge < -0.3 is 16.0 Å². The molecule has 1 heterocycles. The van der Waals surface area contributed by atoms with Crippen molar-refractivity contribution in [3.63, 3.8) is 0 Å². The van der Waals surface area contributed by atoms with Crippen molar-refractivity contribution >= 4 is 0 Å². The maximum atomic E-state index is 6.05. The first-order valence-electron chi connectivity index (χ1n) is 4.91. The number of nitrogens with one attached hydrogen (secondary N) is 1. The molecule has 72 valence electrons. The molecule has 1 rings (SSSR count). The summed E-state index contributed by atoms with van der Waals surface area (Å²) in [5.41, 5.74) is 6.05. The van der Waals surface area contributed by atoms with E-state index in [0.29, 0.717) is 12.1 Å². The molecule has 0 bridgehead atoms. The summed E-state index contributed by atoms with van der Waals surface area (Å²) in [5.74, 6) is 0. The minimum Gasteiger partial charge on any atom is -0.325 e. The predicted octanol–water partition coefficient (Wildman–Crippen LogP) is 0.0174. The highest BCUT2D eigenvalue weighted by molar-refractivity contribution is 4.84. The Morgan fingerprint density at radius 2 is 2.33 bits per heavy atom. The van der Waals surface area contributed by atoms with Crippen molar-refractivity contribution in [2.75, 3.05) is 26.7 Å². The number of nitrogens with zero attached hydrogens (tertiary/aromatic N) is 1. The summed E-state index contributed by atoms with van der Waals surface area (Å²) in [7, 11) is 2.13. The third kappa shape index (κ3) is 2.73. The van der Waals surface area contributed by atoms with Gasteiger partial charge >= 0.3 is 0 Å². The summed E-state index contributed by atoms with van der Waals surface area (Å²) >= 11 is 0. The van der Waals surface area contributed by atoms with Crippen LogP contribution in [0.3, 0.4) is 0 Å². The van der Waals surface area contributed by atoms with Gasteiger partial charge in [-0.15, -0.1) is 0 Å². The molecule has 2 unspecified atom stereocenters. The second-order valence-corrected chi connectivity index (χ2v) is 3.78. The zero-order valence-corrected chi connectivity index (χ0v) is 8.21. The molecule has 0 spiro atoms. The average Bonchev–Trinajstić information content (AvgIpc) is 2.15. The van der Waals surface area contributed by atoms with Crippen LogP contribution in [0.2, 0.25) is 0 Å². The van der Waals surface area contributed by atoms with E-state index >= 15 is 0 Å². The number of hydrogen-bond acceptors (Lipinski definition) is 3. The molecule has 3 heteroatoms. The SMILES string of the molecule is CCCC1NCCN(C)CC1N. The van der Waals surface area contributed by atoms with Gasteiger partial charge in [0.15, 0.2) is 0 Å². The van der Waals surface area contributed by atoms with E-state index < -0.39 is 0 Å². The van der Waals surface area contributed by atoms with Crippen molar-refractivity contribution in [2.24, 2.45) is 5.73 Å². The maximum absolute atomic E-state index is 6.05. The lowest BCUT2D eigenvalue weighted by Gasteiger charge is -2.22. The molecular formula is C9H21N3. The van der Waals surface area contributed by atoms with Crippen LogP contribution in [0.5, 0.6) is 0 Å². The molecule has 1 aliphatic rings. The Balaban J connectivity index is 2.40. The van der Waals surface area contributed by atoms with Gasteiger partial charge in [0.2, 0.25) is 0 Å². The molecule has 3 nitrogen and oxygen atoms in total. The molecule has 1 aliphatic heterocycles. The molecule has 1 saturated heterocycles. The summed E-state index contributed by atoms with van der Waals surface area (Å²) in [6.45, 7) is 5.43. The summed E-state index contributed by atoms with van der Waals surface area (Å²) in [6, 6.07) is 0.831. The van der Waals surface area contributed by atoms with Crippen molar-refractivity contribution in [2.45, 2.75) is 31.8 Å². The molecule has 0 aliphatic carbocycles. The van der Waals surface area contributed by atoms with Gasteiger partial charge in [0.25, 0.3) is 0 Å². The quantitative estimate of drug-likeness (QED) is 0.615. The van der Waals surface area contributed by atoms with Crippen molar-refractivity contribution < 1.29 is 0 Å². The van der Waals surface area contributed by atoms with Gasteiger partial charge in [0.1, 0.15) is 0 Å². The number of likely N-dealkylation sites (N-methyl/N-ethyl adjacent to an activating group) is 1. The van der Waals surface area contributed by atoms with E-state index in [4.69, 9.17) is 5.73 Å². The molecule has 0 saturated carbocycles. The minimum absolute atomic E-state index is 0.303. The third-order valence-electron chi connectivity index (χ3n) is 2.54. The van der Waals surface area contributed by atoms with E-state index in [0.717, 1.165) is 19.6 Å². The zero-order chi connectivity index (χ0) is 8.97. The number of hydrogen-bond donors (Lipinski definition) is 2. The molecule has 2 atom stereocenters. The van der Waals surface area contributed by atoms with Gasteiger partial charge in [-0.3, -0.25) is 0 Å². The van der Waals surface area contributed by atoms with E-state index in [9.17, 15) is 0 Å². The fraction of sp³-hybridized carbons (Fsp3) is 1.00. The Morgan fingerprint density at radius 1 is 1.58 bits per heavy atom. The standard InChI is InChI=1S/C9H21N3/c1-3-4-9-8(10)7-12(2)6-5-11-9/h8-9,11H,3-7,10H2,1-2H3. The van der Waals surface area contributed by atoms with Crippen molar-refractivity contribution in [3.05, 3.63) is 0 Å². The van der Waals surface area contributed by atoms with Crippen LogP contribution >= 0.6 is 0 Å². The van der Waals surface area contributed by atoms with Gasteiger partial charge in [-0.05, 0) is 13.5 Å². The highest BCUT2D eigenvalue weighted by Crippen LogP contribution is 2.04. The summed E-state index contributed by atoms with van der Waals surface area (Å²) in [4.78, 5) is 2.30. The van der Waals surface area contributed by atoms with Gasteiger partial charge in [0, 0.05) is 31.7 Å². The van der Waals surface area contributed by atoms with E-state index in [1.54, 1.807) is 0 Å². The number of nitrogens with two attached hydrogens (primary N) is 1. The maximum Gasteiger partial charge on any atom is 0.0323 e. The van der Waals surface area contributed by atoms with E-state index in [1.807, 2.05) is 0 Å². The fourth-order valence-electron chi connectivity index (χ4n) is 1.80. The molecule has 12 heavy (non-hydrogen) atoms. The second-order valence-electron chi connectivity index (χ2n) is 3.78. The third-order valence-corrected chi connectivity index (χ3v) is 2.54. The fourth-order valence-corrected chi connectivity index (χ4v) is 1.80. The summed E-state index contributed by atoms with van der Waals surface area (Å²) in [6.07, 6.45) is 2.42. The van der Waals surface area contributed by atoms with Crippen LogP contribution in [0.1, 0.15) is 19.8 Å². The van der Waals surface area contributed by atoms with E-state index in [-0.39, 0.29) is 0 Å². The Hall–Kier alpha value is -0.120. The largest absolute Gasteiger partial charge is 0.325 e. The first-order valence-corrected chi connectivity index (χ1v) is 4.91. The van der Waals surface area contributed by atoms with Gasteiger partial charge in [-0.25, -0.2) is 0 Å². The number of rotatable bonds is 2. The molecule has 0 aromatic heterocycles. The van der Waals surface area contributed by atoms with Crippen molar-refractivity contribution in [1.82, 2.24) is 10.2 Å². The van der Waals surface area contributed by atoms with E-state index in [1.165, 1.54) is 12.8 Å². The van der Waals surface area contributed by atoms with Crippen molar-refractivity contribution in [3.8, 4) is 0 Å². The predicted molar refractivity (Wildman–Crippen MR) is 52.2 cm³/mol. The normalized spacial score (nSPS) is 33.2. The molecule has 0 aromatic rings. The van der Waals surface area contributed by atoms with Gasteiger partial charge in [-0.2, -0.15) is 0 Å². The first-order chi connectivity index (χ1) is 5.74. The summed E-state index contributed by atoms with van der Waals surface area (Å²) < 4.78 is 0. The average molecular weight is 171 g/mol. The highest BCUT2D eigenvalue weighted by atomic mass is 15.2. The monoisotopic (exact) mass is 171 g/mol. The highest BCUT2D eigenvalue weighted by Gasteiger charge is 2.20. The summed E-state index contributed by atoms with van der Waals surface area (Å²) in [5, 5.41) is 3.50. The molecule has 0 amide bonds. The Kier molecular flexibility index (Phi) is 3.98. The first kappa shape index (κ1) is 9.96. The smallest absolute Gasteiger partial charge is 0.0323 e. The van der Waals surface area contributed by atoms with Crippen LogP contribution in [0, 0.1) is 0 Å². The lowest BCUT2D eigenvalue weighted by atomic mass is 10.0. The molecule has 0 radical (unpaired) electrons. The second kappa shape index (κ2) is 4.80. The molecule has 0 aromatic carbocycles. The lowest BCUT2D eigenvalue weighted by Crippen LogP contribution is -2.46. The van der Waals surface area contributed by atoms with Crippen LogP contribution in [0.25, 0.3) is 0 Å². The molecule has 1 fully saturated rings. The van der Waals surface area contributed by atoms with Crippen LogP contribution in [-0.2, 0) is 0 Å². The Morgan fingerprint density at radius 3 is 3.00 bits per heavy atom. The molecule has 3 N–H and O–H groups in total. The van der Waals surface area contributed by atoms with Crippen LogP contribution < -0.4 is 11.1 Å². The van der Waals surface area contributed by atoms with Gasteiger partial charge in [0.05, 0.1) is 0 Å². The zero-order valence-electron chi connectivity index (χ0n) is 8.21. The molecular weight excluding hydrogens is 150 g/mol. The van der Waals surface area contributed by atoms with Gasteiger partial charge in [-0.1, -0.05) is 13.3 Å². The Labute approximate surface area is 75.3 Å².